The fourth-order valence-electron chi connectivity index (χ4n) is 3.18. The number of hydrogen-bond acceptors (Lipinski definition) is 3. The summed E-state index contributed by atoms with van der Waals surface area (Å²) >= 11 is 0. The summed E-state index contributed by atoms with van der Waals surface area (Å²) in [5, 5.41) is 0. The zero-order chi connectivity index (χ0) is 18.7. The molecule has 5 heteroatoms. The van der Waals surface area contributed by atoms with Crippen molar-refractivity contribution in [2.24, 2.45) is 0 Å². The molecule has 0 heterocycles. The van der Waals surface area contributed by atoms with Crippen molar-refractivity contribution in [3.05, 3.63) is 102 Å². The minimum atomic E-state index is -4.24. The van der Waals surface area contributed by atoms with E-state index >= 15 is 0 Å². The predicted molar refractivity (Wildman–Crippen MR) is 106 cm³/mol. The number of phosphoric ester groups is 1. The van der Waals surface area contributed by atoms with Gasteiger partial charge in [0.2, 0.25) is 0 Å². The monoisotopic (exact) mass is 378 g/mol. The molecule has 0 aromatic heterocycles. The number of fused-ring (bicyclic) bond motifs is 1. The first kappa shape index (κ1) is 17.6. The molecule has 3 aromatic carbocycles. The van der Waals surface area contributed by atoms with Crippen LogP contribution in [-0.4, -0.2) is 4.89 Å². The third-order valence-electron chi connectivity index (χ3n) is 4.50. The summed E-state index contributed by atoms with van der Waals surface area (Å²) in [5.41, 5.74) is 3.71. The van der Waals surface area contributed by atoms with Gasteiger partial charge in [-0.15, -0.1) is 0 Å². The summed E-state index contributed by atoms with van der Waals surface area (Å²) in [6.07, 6.45) is 5.26. The Morgan fingerprint density at radius 2 is 1.44 bits per heavy atom. The molecule has 1 N–H and O–H groups in total. The number of phosphoric acid groups is 1. The summed E-state index contributed by atoms with van der Waals surface area (Å²) in [5.74, 6) is 0.849. The van der Waals surface area contributed by atoms with Gasteiger partial charge in [0.1, 0.15) is 11.5 Å². The first-order valence-corrected chi connectivity index (χ1v) is 10.2. The maximum Gasteiger partial charge on any atom is 0.584 e. The van der Waals surface area contributed by atoms with E-state index in [-0.39, 0.29) is 11.7 Å². The standard InChI is InChI=1S/C22H19O4P/c23-27(24,25-21-8-2-1-3-9-21)26-22-14-12-18(13-15-22)20-11-10-17-6-4-5-7-19(17)16-20/h1-15,20H,16H2,(H,23,24). The molecule has 3 aromatic rings. The summed E-state index contributed by atoms with van der Waals surface area (Å²) < 4.78 is 22.4. The Bertz CT molecular complexity index is 996. The molecule has 4 rings (SSSR count). The SMILES string of the molecule is O=P(O)(Oc1ccccc1)Oc1ccc(C2C=Cc3ccccc3C2)cc1. The molecule has 136 valence electrons. The Balaban J connectivity index is 1.44. The molecule has 0 saturated carbocycles. The lowest BCUT2D eigenvalue weighted by Gasteiger charge is -2.20. The molecule has 0 aliphatic heterocycles. The maximum absolute atomic E-state index is 12.2. The number of para-hydroxylation sites is 1. The highest BCUT2D eigenvalue weighted by Crippen LogP contribution is 2.44. The van der Waals surface area contributed by atoms with Gasteiger partial charge in [0, 0.05) is 5.92 Å². The molecule has 4 nitrogen and oxygen atoms in total. The minimum Gasteiger partial charge on any atom is -0.395 e. The molecule has 1 aliphatic carbocycles. The van der Waals surface area contributed by atoms with Crippen molar-refractivity contribution in [3.8, 4) is 11.5 Å². The van der Waals surface area contributed by atoms with E-state index in [1.807, 2.05) is 18.2 Å². The van der Waals surface area contributed by atoms with Gasteiger partial charge < -0.3 is 9.05 Å². The van der Waals surface area contributed by atoms with Crippen LogP contribution in [0.1, 0.15) is 22.6 Å². The highest BCUT2D eigenvalue weighted by molar-refractivity contribution is 7.48. The number of allylic oxidation sites excluding steroid dienone is 1. The van der Waals surface area contributed by atoms with Crippen LogP contribution < -0.4 is 9.05 Å². The molecule has 0 bridgehead atoms. The number of rotatable bonds is 5. The fraction of sp³-hybridized carbons (Fsp3) is 0.0909. The maximum atomic E-state index is 12.2. The molecule has 2 unspecified atom stereocenters. The van der Waals surface area contributed by atoms with Crippen LogP contribution in [0.4, 0.5) is 0 Å². The van der Waals surface area contributed by atoms with E-state index in [0.29, 0.717) is 5.75 Å². The van der Waals surface area contributed by atoms with E-state index in [1.165, 1.54) is 11.1 Å². The van der Waals surface area contributed by atoms with E-state index in [2.05, 4.69) is 30.4 Å². The molecule has 0 saturated heterocycles. The third-order valence-corrected chi connectivity index (χ3v) is 5.38. The van der Waals surface area contributed by atoms with Crippen molar-refractivity contribution in [2.45, 2.75) is 12.3 Å². The van der Waals surface area contributed by atoms with Crippen molar-refractivity contribution in [1.82, 2.24) is 0 Å². The van der Waals surface area contributed by atoms with Crippen molar-refractivity contribution < 1.29 is 18.5 Å². The predicted octanol–water partition coefficient (Wildman–Crippen LogP) is 5.60. The van der Waals surface area contributed by atoms with Crippen LogP contribution in [0.15, 0.2) is 84.9 Å². The lowest BCUT2D eigenvalue weighted by Crippen LogP contribution is -2.05. The second kappa shape index (κ2) is 7.43. The van der Waals surface area contributed by atoms with E-state index in [0.717, 1.165) is 12.0 Å². The summed E-state index contributed by atoms with van der Waals surface area (Å²) in [4.78, 5) is 9.95. The minimum absolute atomic E-state index is 0.274. The Morgan fingerprint density at radius 3 is 2.19 bits per heavy atom. The molecule has 0 radical (unpaired) electrons. The summed E-state index contributed by atoms with van der Waals surface area (Å²) in [7, 11) is -4.24. The van der Waals surface area contributed by atoms with Gasteiger partial charge in [0.15, 0.2) is 0 Å². The summed E-state index contributed by atoms with van der Waals surface area (Å²) in [6, 6.07) is 24.0. The first-order valence-electron chi connectivity index (χ1n) is 8.72. The lowest BCUT2D eigenvalue weighted by atomic mass is 9.85. The fourth-order valence-corrected chi connectivity index (χ4v) is 3.99. The van der Waals surface area contributed by atoms with Crippen LogP contribution >= 0.6 is 7.82 Å². The zero-order valence-electron chi connectivity index (χ0n) is 14.6. The third kappa shape index (κ3) is 4.30. The smallest absolute Gasteiger partial charge is 0.395 e. The molecular weight excluding hydrogens is 359 g/mol. The van der Waals surface area contributed by atoms with Crippen molar-refractivity contribution in [1.29, 1.82) is 0 Å². The van der Waals surface area contributed by atoms with Gasteiger partial charge in [-0.25, -0.2) is 4.57 Å². The van der Waals surface area contributed by atoms with Gasteiger partial charge in [-0.2, -0.15) is 0 Å². The Labute approximate surface area is 158 Å². The molecule has 2 atom stereocenters. The molecule has 0 amide bonds. The average molecular weight is 378 g/mol. The first-order chi connectivity index (χ1) is 13.1. The molecular formula is C22H19O4P. The highest BCUT2D eigenvalue weighted by atomic mass is 31.2. The molecule has 1 aliphatic rings. The van der Waals surface area contributed by atoms with Gasteiger partial charge >= 0.3 is 7.82 Å². The van der Waals surface area contributed by atoms with Crippen LogP contribution in [0.25, 0.3) is 6.08 Å². The number of benzene rings is 3. The van der Waals surface area contributed by atoms with Gasteiger partial charge in [-0.05, 0) is 47.4 Å². The zero-order valence-corrected chi connectivity index (χ0v) is 15.5. The Kier molecular flexibility index (Phi) is 4.85. The quantitative estimate of drug-likeness (QED) is 0.588. The average Bonchev–Trinajstić information content (AvgIpc) is 2.68. The van der Waals surface area contributed by atoms with Crippen molar-refractivity contribution >= 4 is 13.9 Å². The lowest BCUT2D eigenvalue weighted by molar-refractivity contribution is 0.291. The van der Waals surface area contributed by atoms with Crippen LogP contribution in [0.3, 0.4) is 0 Å². The van der Waals surface area contributed by atoms with E-state index in [1.54, 1.807) is 42.5 Å². The molecule has 0 fully saturated rings. The van der Waals surface area contributed by atoms with Gasteiger partial charge in [-0.3, -0.25) is 4.89 Å². The van der Waals surface area contributed by atoms with Crippen LogP contribution in [0.2, 0.25) is 0 Å². The van der Waals surface area contributed by atoms with Crippen LogP contribution in [0.5, 0.6) is 11.5 Å². The van der Waals surface area contributed by atoms with Gasteiger partial charge in [-0.1, -0.05) is 66.7 Å². The van der Waals surface area contributed by atoms with Gasteiger partial charge in [0.25, 0.3) is 0 Å². The second-order valence-electron chi connectivity index (χ2n) is 6.40. The Hall–Kier alpha value is -2.81. The van der Waals surface area contributed by atoms with Crippen molar-refractivity contribution in [2.75, 3.05) is 0 Å². The molecule has 27 heavy (non-hydrogen) atoms. The normalized spacial score (nSPS) is 17.6. The van der Waals surface area contributed by atoms with Crippen molar-refractivity contribution in [3.63, 3.8) is 0 Å². The van der Waals surface area contributed by atoms with E-state index in [4.69, 9.17) is 9.05 Å². The second-order valence-corrected chi connectivity index (χ2v) is 7.70. The summed E-state index contributed by atoms with van der Waals surface area (Å²) in [6.45, 7) is 0. The topological polar surface area (TPSA) is 55.8 Å². The van der Waals surface area contributed by atoms with Crippen LogP contribution in [-0.2, 0) is 11.0 Å². The van der Waals surface area contributed by atoms with E-state index < -0.39 is 7.82 Å². The van der Waals surface area contributed by atoms with Crippen LogP contribution in [0, 0.1) is 0 Å². The highest BCUT2D eigenvalue weighted by Gasteiger charge is 2.25. The molecule has 0 spiro atoms. The van der Waals surface area contributed by atoms with E-state index in [9.17, 15) is 9.46 Å². The van der Waals surface area contributed by atoms with Gasteiger partial charge in [0.05, 0.1) is 0 Å². The largest absolute Gasteiger partial charge is 0.584 e. The number of hydrogen-bond donors (Lipinski definition) is 1. The Morgan fingerprint density at radius 1 is 0.815 bits per heavy atom.